The van der Waals surface area contributed by atoms with E-state index >= 15 is 0 Å². The topological polar surface area (TPSA) is 74.0 Å². The van der Waals surface area contributed by atoms with Gasteiger partial charge in [-0.3, -0.25) is 9.59 Å². The van der Waals surface area contributed by atoms with Crippen LogP contribution in [0.25, 0.3) is 17.0 Å². The molecule has 0 aliphatic rings. The molecule has 0 radical (unpaired) electrons. The van der Waals surface area contributed by atoms with Gasteiger partial charge in [0.1, 0.15) is 5.70 Å². The summed E-state index contributed by atoms with van der Waals surface area (Å²) in [6, 6.07) is 26.6. The summed E-state index contributed by atoms with van der Waals surface area (Å²) in [7, 11) is 0. The lowest BCUT2D eigenvalue weighted by Gasteiger charge is -2.11. The Balaban J connectivity index is 1.55. The van der Waals surface area contributed by atoms with Crippen LogP contribution in [0.4, 0.5) is 0 Å². The summed E-state index contributed by atoms with van der Waals surface area (Å²) >= 11 is 0. The predicted molar refractivity (Wildman–Crippen MR) is 123 cm³/mol. The van der Waals surface area contributed by atoms with Gasteiger partial charge in [-0.2, -0.15) is 0 Å². The Bertz CT molecular complexity index is 1210. The van der Waals surface area contributed by atoms with Crippen LogP contribution in [-0.4, -0.2) is 23.3 Å². The number of H-pyrrole nitrogens is 1. The molecule has 0 atom stereocenters. The van der Waals surface area contributed by atoms with Gasteiger partial charge in [0.05, 0.1) is 0 Å². The fraction of sp³-hybridized carbons (Fsp3) is 0.0769. The van der Waals surface area contributed by atoms with E-state index < -0.39 is 0 Å². The zero-order valence-electron chi connectivity index (χ0n) is 17.0. The highest BCUT2D eigenvalue weighted by molar-refractivity contribution is 6.06. The summed E-state index contributed by atoms with van der Waals surface area (Å²) < 4.78 is 0. The van der Waals surface area contributed by atoms with Gasteiger partial charge in [-0.1, -0.05) is 66.7 Å². The number of hydrogen-bond acceptors (Lipinski definition) is 2. The quantitative estimate of drug-likeness (QED) is 0.398. The molecule has 4 aromatic rings. The molecule has 0 saturated heterocycles. The number of fused-ring (bicyclic) bond motifs is 1. The van der Waals surface area contributed by atoms with Crippen LogP contribution in [0.5, 0.6) is 0 Å². The molecule has 31 heavy (non-hydrogen) atoms. The van der Waals surface area contributed by atoms with Crippen molar-refractivity contribution in [2.24, 2.45) is 0 Å². The van der Waals surface area contributed by atoms with Crippen LogP contribution in [0.1, 0.15) is 21.5 Å². The van der Waals surface area contributed by atoms with Crippen molar-refractivity contribution < 1.29 is 9.59 Å². The van der Waals surface area contributed by atoms with Gasteiger partial charge in [0.2, 0.25) is 0 Å². The second-order valence-electron chi connectivity index (χ2n) is 7.16. The number of carbonyl (C=O) groups is 2. The van der Waals surface area contributed by atoms with Gasteiger partial charge in [0.25, 0.3) is 11.8 Å². The lowest BCUT2D eigenvalue weighted by atomic mass is 10.1. The number of aromatic nitrogens is 1. The molecule has 0 unspecified atom stereocenters. The van der Waals surface area contributed by atoms with Crippen molar-refractivity contribution in [3.63, 3.8) is 0 Å². The van der Waals surface area contributed by atoms with E-state index in [4.69, 9.17) is 0 Å². The molecule has 154 valence electrons. The Hall–Kier alpha value is -4.12. The Morgan fingerprint density at radius 1 is 0.839 bits per heavy atom. The third kappa shape index (κ3) is 5.08. The average molecular weight is 409 g/mol. The number of benzene rings is 3. The molecule has 0 bridgehead atoms. The van der Waals surface area contributed by atoms with E-state index in [1.165, 1.54) is 0 Å². The first-order valence-corrected chi connectivity index (χ1v) is 10.2. The Labute approximate surface area is 180 Å². The van der Waals surface area contributed by atoms with E-state index in [1.54, 1.807) is 30.3 Å². The minimum absolute atomic E-state index is 0.201. The van der Waals surface area contributed by atoms with Crippen LogP contribution in [0.15, 0.2) is 96.8 Å². The Morgan fingerprint density at radius 2 is 1.52 bits per heavy atom. The van der Waals surface area contributed by atoms with Crippen molar-refractivity contribution in [2.45, 2.75) is 6.42 Å². The molecule has 3 aromatic carbocycles. The molecule has 1 aromatic heterocycles. The van der Waals surface area contributed by atoms with E-state index in [0.29, 0.717) is 18.5 Å². The largest absolute Gasteiger partial charge is 0.361 e. The maximum absolute atomic E-state index is 13.0. The number of aromatic amines is 1. The highest BCUT2D eigenvalue weighted by atomic mass is 16.2. The molecule has 2 amide bonds. The lowest BCUT2D eigenvalue weighted by Crippen LogP contribution is -2.35. The summed E-state index contributed by atoms with van der Waals surface area (Å²) in [5.74, 6) is -0.657. The standard InChI is InChI=1S/C26H23N3O2/c30-25(20-11-5-2-6-12-20)29-24(17-21-18-28-23-14-8-7-13-22(21)23)26(31)27-16-15-19-9-3-1-4-10-19/h1-14,17-18,28H,15-16H2,(H,27,31)(H,29,30). The fourth-order valence-corrected chi connectivity index (χ4v) is 3.37. The van der Waals surface area contributed by atoms with Gasteiger partial charge >= 0.3 is 0 Å². The zero-order valence-corrected chi connectivity index (χ0v) is 17.0. The van der Waals surface area contributed by atoms with Crippen molar-refractivity contribution >= 4 is 28.8 Å². The van der Waals surface area contributed by atoms with E-state index in [-0.39, 0.29) is 17.5 Å². The molecule has 0 aliphatic heterocycles. The maximum Gasteiger partial charge on any atom is 0.267 e. The minimum atomic E-state index is -0.329. The highest BCUT2D eigenvalue weighted by Crippen LogP contribution is 2.20. The first-order valence-electron chi connectivity index (χ1n) is 10.2. The minimum Gasteiger partial charge on any atom is -0.361 e. The van der Waals surface area contributed by atoms with Crippen LogP contribution in [0.3, 0.4) is 0 Å². The first-order chi connectivity index (χ1) is 15.2. The number of para-hydroxylation sites is 1. The highest BCUT2D eigenvalue weighted by Gasteiger charge is 2.15. The summed E-state index contributed by atoms with van der Waals surface area (Å²) in [6.45, 7) is 0.468. The van der Waals surface area contributed by atoms with Crippen molar-refractivity contribution in [1.29, 1.82) is 0 Å². The van der Waals surface area contributed by atoms with Crippen molar-refractivity contribution in [2.75, 3.05) is 6.54 Å². The fourth-order valence-electron chi connectivity index (χ4n) is 3.37. The molecular formula is C26H23N3O2. The van der Waals surface area contributed by atoms with E-state index in [1.807, 2.05) is 66.9 Å². The second-order valence-corrected chi connectivity index (χ2v) is 7.16. The van der Waals surface area contributed by atoms with E-state index in [2.05, 4.69) is 15.6 Å². The molecule has 0 fully saturated rings. The number of nitrogens with one attached hydrogen (secondary N) is 3. The van der Waals surface area contributed by atoms with Gasteiger partial charge in [-0.25, -0.2) is 0 Å². The molecule has 0 spiro atoms. The van der Waals surface area contributed by atoms with E-state index in [0.717, 1.165) is 22.0 Å². The van der Waals surface area contributed by atoms with Crippen LogP contribution < -0.4 is 10.6 Å². The van der Waals surface area contributed by atoms with Crippen LogP contribution in [0.2, 0.25) is 0 Å². The van der Waals surface area contributed by atoms with Crippen LogP contribution in [-0.2, 0) is 11.2 Å². The average Bonchev–Trinajstić information content (AvgIpc) is 3.22. The maximum atomic E-state index is 13.0. The molecule has 0 aliphatic carbocycles. The zero-order chi connectivity index (χ0) is 21.5. The summed E-state index contributed by atoms with van der Waals surface area (Å²) in [6.07, 6.45) is 4.24. The van der Waals surface area contributed by atoms with Gasteiger partial charge in [0.15, 0.2) is 0 Å². The third-order valence-electron chi connectivity index (χ3n) is 4.99. The molecule has 3 N–H and O–H groups in total. The monoisotopic (exact) mass is 409 g/mol. The SMILES string of the molecule is O=C(NCCc1ccccc1)C(=Cc1c[nH]c2ccccc12)NC(=O)c1ccccc1. The summed E-state index contributed by atoms with van der Waals surface area (Å²) in [4.78, 5) is 28.9. The molecule has 5 heteroatoms. The summed E-state index contributed by atoms with van der Waals surface area (Å²) in [5, 5.41) is 6.68. The van der Waals surface area contributed by atoms with Crippen LogP contribution in [0, 0.1) is 0 Å². The normalized spacial score (nSPS) is 11.3. The second kappa shape index (κ2) is 9.59. The molecule has 0 saturated carbocycles. The number of carbonyl (C=O) groups excluding carboxylic acids is 2. The van der Waals surface area contributed by atoms with Crippen molar-refractivity contribution in [3.8, 4) is 0 Å². The van der Waals surface area contributed by atoms with Crippen LogP contribution >= 0.6 is 0 Å². The molecule has 5 nitrogen and oxygen atoms in total. The molecule has 4 rings (SSSR count). The van der Waals surface area contributed by atoms with Gasteiger partial charge < -0.3 is 15.6 Å². The smallest absolute Gasteiger partial charge is 0.267 e. The number of amides is 2. The third-order valence-corrected chi connectivity index (χ3v) is 4.99. The Kier molecular flexibility index (Phi) is 6.24. The van der Waals surface area contributed by atoms with Gasteiger partial charge in [-0.15, -0.1) is 0 Å². The first kappa shape index (κ1) is 20.2. The van der Waals surface area contributed by atoms with E-state index in [9.17, 15) is 9.59 Å². The molecular weight excluding hydrogens is 386 g/mol. The van der Waals surface area contributed by atoms with Gasteiger partial charge in [0, 0.05) is 34.8 Å². The predicted octanol–water partition coefficient (Wildman–Crippen LogP) is 4.30. The van der Waals surface area contributed by atoms with Crippen molar-refractivity contribution in [3.05, 3.63) is 114 Å². The van der Waals surface area contributed by atoms with Gasteiger partial charge in [-0.05, 0) is 36.3 Å². The summed E-state index contributed by atoms with van der Waals surface area (Å²) in [5.41, 5.74) is 3.62. The molecule has 1 heterocycles. The van der Waals surface area contributed by atoms with Crippen molar-refractivity contribution in [1.82, 2.24) is 15.6 Å². The lowest BCUT2D eigenvalue weighted by molar-refractivity contribution is -0.117. The number of rotatable bonds is 7. The Morgan fingerprint density at radius 3 is 2.29 bits per heavy atom. The number of hydrogen-bond donors (Lipinski definition) is 3.